The fourth-order valence-electron chi connectivity index (χ4n) is 1.92. The maximum absolute atomic E-state index is 6.24. The summed E-state index contributed by atoms with van der Waals surface area (Å²) in [5.74, 6) is 0.810. The summed E-state index contributed by atoms with van der Waals surface area (Å²) in [7, 11) is 0. The fraction of sp³-hybridized carbons (Fsp3) is 0.385. The van der Waals surface area contributed by atoms with Crippen molar-refractivity contribution in [1.29, 1.82) is 0 Å². The second-order valence-corrected chi connectivity index (χ2v) is 4.75. The molecule has 17 heavy (non-hydrogen) atoms. The first-order chi connectivity index (χ1) is 8.34. The quantitative estimate of drug-likeness (QED) is 0.893. The Morgan fingerprint density at radius 1 is 1.29 bits per heavy atom. The molecule has 0 aromatic heterocycles. The Kier molecular flexibility index (Phi) is 2.95. The van der Waals surface area contributed by atoms with E-state index in [1.54, 1.807) is 6.26 Å². The molecule has 0 spiro atoms. The van der Waals surface area contributed by atoms with Gasteiger partial charge < -0.3 is 14.8 Å². The third-order valence-corrected chi connectivity index (χ3v) is 3.32. The molecular formula is C13H14ClNO2. The maximum atomic E-state index is 6.24. The summed E-state index contributed by atoms with van der Waals surface area (Å²) >= 11 is 6.24. The summed E-state index contributed by atoms with van der Waals surface area (Å²) in [5, 5.41) is 4.28. The summed E-state index contributed by atoms with van der Waals surface area (Å²) < 4.78 is 10.6. The number of benzene rings is 1. The van der Waals surface area contributed by atoms with E-state index in [-0.39, 0.29) is 6.04 Å². The molecule has 1 aliphatic heterocycles. The molecule has 3 nitrogen and oxygen atoms in total. The van der Waals surface area contributed by atoms with Crippen LogP contribution in [0.1, 0.15) is 24.4 Å². The lowest BCUT2D eigenvalue weighted by Gasteiger charge is -2.19. The van der Waals surface area contributed by atoms with E-state index in [2.05, 4.69) is 5.32 Å². The van der Waals surface area contributed by atoms with Gasteiger partial charge >= 0.3 is 0 Å². The predicted molar refractivity (Wildman–Crippen MR) is 65.5 cm³/mol. The number of hydrogen-bond donors (Lipinski definition) is 1. The fourth-order valence-corrected chi connectivity index (χ4v) is 2.17. The Morgan fingerprint density at radius 2 is 2.12 bits per heavy atom. The van der Waals surface area contributed by atoms with E-state index in [0.717, 1.165) is 16.3 Å². The van der Waals surface area contributed by atoms with Crippen molar-refractivity contribution in [2.75, 3.05) is 6.79 Å². The standard InChI is InChI=1S/C13H14ClNO2/c14-11-4-2-1-3-10(11)13(15-9-5-6-9)12-7-16-8-17-12/h1-4,7,9,13,15H,5-6,8H2. The zero-order chi connectivity index (χ0) is 11.7. The number of rotatable bonds is 4. The van der Waals surface area contributed by atoms with Crippen LogP contribution in [0.5, 0.6) is 0 Å². The lowest BCUT2D eigenvalue weighted by molar-refractivity contribution is 0.0732. The van der Waals surface area contributed by atoms with Gasteiger partial charge in [0.1, 0.15) is 6.26 Å². The molecular weight excluding hydrogens is 238 g/mol. The van der Waals surface area contributed by atoms with Gasteiger partial charge in [0.15, 0.2) is 5.76 Å². The summed E-state index contributed by atoms with van der Waals surface area (Å²) in [6, 6.07) is 8.40. The molecule has 1 aromatic carbocycles. The van der Waals surface area contributed by atoms with Gasteiger partial charge in [0, 0.05) is 11.1 Å². The predicted octanol–water partition coefficient (Wildman–Crippen LogP) is 2.98. The Labute approximate surface area is 105 Å². The number of nitrogens with one attached hydrogen (secondary N) is 1. The van der Waals surface area contributed by atoms with Crippen LogP contribution in [0.3, 0.4) is 0 Å². The lowest BCUT2D eigenvalue weighted by Crippen LogP contribution is -2.25. The van der Waals surface area contributed by atoms with Gasteiger partial charge in [0.05, 0.1) is 6.04 Å². The molecule has 0 bridgehead atoms. The summed E-state index contributed by atoms with van der Waals surface area (Å²) in [5.41, 5.74) is 1.04. The van der Waals surface area contributed by atoms with Crippen LogP contribution >= 0.6 is 11.6 Å². The zero-order valence-electron chi connectivity index (χ0n) is 9.36. The topological polar surface area (TPSA) is 30.5 Å². The molecule has 1 saturated carbocycles. The van der Waals surface area contributed by atoms with Crippen molar-refractivity contribution in [1.82, 2.24) is 5.32 Å². The second-order valence-electron chi connectivity index (χ2n) is 4.34. The van der Waals surface area contributed by atoms with Crippen molar-refractivity contribution < 1.29 is 9.47 Å². The van der Waals surface area contributed by atoms with Crippen molar-refractivity contribution in [2.24, 2.45) is 0 Å². The first kappa shape index (κ1) is 10.9. The van der Waals surface area contributed by atoms with Crippen LogP contribution in [0.2, 0.25) is 5.02 Å². The van der Waals surface area contributed by atoms with Crippen molar-refractivity contribution in [3.63, 3.8) is 0 Å². The van der Waals surface area contributed by atoms with Crippen molar-refractivity contribution in [3.8, 4) is 0 Å². The van der Waals surface area contributed by atoms with E-state index < -0.39 is 0 Å². The first-order valence-electron chi connectivity index (χ1n) is 5.79. The highest BCUT2D eigenvalue weighted by molar-refractivity contribution is 6.31. The van der Waals surface area contributed by atoms with E-state index in [4.69, 9.17) is 21.1 Å². The third-order valence-electron chi connectivity index (χ3n) is 2.97. The van der Waals surface area contributed by atoms with E-state index in [1.807, 2.05) is 24.3 Å². The van der Waals surface area contributed by atoms with E-state index in [9.17, 15) is 0 Å². The van der Waals surface area contributed by atoms with Gasteiger partial charge in [-0.15, -0.1) is 0 Å². The number of ether oxygens (including phenoxy) is 2. The second kappa shape index (κ2) is 4.59. The number of halogens is 1. The van der Waals surface area contributed by atoms with Crippen LogP contribution in [0.25, 0.3) is 0 Å². The molecule has 1 aliphatic carbocycles. The molecule has 1 heterocycles. The Bertz CT molecular complexity index is 443. The molecule has 1 atom stereocenters. The minimum absolute atomic E-state index is 0.00120. The van der Waals surface area contributed by atoms with E-state index >= 15 is 0 Å². The van der Waals surface area contributed by atoms with Crippen LogP contribution in [0.15, 0.2) is 36.3 Å². The van der Waals surface area contributed by atoms with Gasteiger partial charge in [0.2, 0.25) is 6.79 Å². The summed E-state index contributed by atoms with van der Waals surface area (Å²) in [6.45, 7) is 0.294. The van der Waals surface area contributed by atoms with E-state index in [0.29, 0.717) is 12.8 Å². The van der Waals surface area contributed by atoms with Gasteiger partial charge in [-0.1, -0.05) is 29.8 Å². The normalized spacial score (nSPS) is 20.4. The minimum atomic E-state index is -0.00120. The van der Waals surface area contributed by atoms with Crippen LogP contribution in [0.4, 0.5) is 0 Å². The van der Waals surface area contributed by atoms with Crippen LogP contribution < -0.4 is 5.32 Å². The van der Waals surface area contributed by atoms with Gasteiger partial charge in [-0.05, 0) is 24.5 Å². The maximum Gasteiger partial charge on any atom is 0.229 e. The zero-order valence-corrected chi connectivity index (χ0v) is 10.1. The highest BCUT2D eigenvalue weighted by Gasteiger charge is 2.30. The lowest BCUT2D eigenvalue weighted by atomic mass is 10.1. The SMILES string of the molecule is Clc1ccccc1C(NC1CC1)C1=COCO1. The third kappa shape index (κ3) is 2.40. The highest BCUT2D eigenvalue weighted by atomic mass is 35.5. The average molecular weight is 252 g/mol. The Balaban J connectivity index is 1.89. The smallest absolute Gasteiger partial charge is 0.229 e. The largest absolute Gasteiger partial charge is 0.462 e. The molecule has 0 saturated heterocycles. The highest BCUT2D eigenvalue weighted by Crippen LogP contribution is 2.33. The average Bonchev–Trinajstić information content (AvgIpc) is 3.00. The van der Waals surface area contributed by atoms with Gasteiger partial charge in [-0.25, -0.2) is 0 Å². The molecule has 3 rings (SSSR count). The summed E-state index contributed by atoms with van der Waals surface area (Å²) in [4.78, 5) is 0. The molecule has 4 heteroatoms. The van der Waals surface area contributed by atoms with Gasteiger partial charge in [-0.2, -0.15) is 0 Å². The van der Waals surface area contributed by atoms with E-state index in [1.165, 1.54) is 12.8 Å². The minimum Gasteiger partial charge on any atom is -0.462 e. The monoisotopic (exact) mass is 251 g/mol. The number of hydrogen-bond acceptors (Lipinski definition) is 3. The first-order valence-corrected chi connectivity index (χ1v) is 6.17. The van der Waals surface area contributed by atoms with Gasteiger partial charge in [-0.3, -0.25) is 0 Å². The molecule has 1 aromatic rings. The molecule has 0 radical (unpaired) electrons. The molecule has 1 fully saturated rings. The van der Waals surface area contributed by atoms with Crippen molar-refractivity contribution in [2.45, 2.75) is 24.9 Å². The molecule has 0 amide bonds. The van der Waals surface area contributed by atoms with Crippen LogP contribution in [0, 0.1) is 0 Å². The molecule has 2 aliphatic rings. The van der Waals surface area contributed by atoms with Crippen LogP contribution in [-0.4, -0.2) is 12.8 Å². The molecule has 90 valence electrons. The van der Waals surface area contributed by atoms with Gasteiger partial charge in [0.25, 0.3) is 0 Å². The molecule has 1 N–H and O–H groups in total. The Hall–Kier alpha value is -1.19. The van der Waals surface area contributed by atoms with Crippen LogP contribution in [-0.2, 0) is 9.47 Å². The summed E-state index contributed by atoms with van der Waals surface area (Å²) in [6.07, 6.45) is 4.10. The molecule has 1 unspecified atom stereocenters. The van der Waals surface area contributed by atoms with Crippen molar-refractivity contribution >= 4 is 11.6 Å². The van der Waals surface area contributed by atoms with Crippen molar-refractivity contribution in [3.05, 3.63) is 46.9 Å². The Morgan fingerprint density at radius 3 is 2.76 bits per heavy atom.